The minimum atomic E-state index is -1.32. The predicted molar refractivity (Wildman–Crippen MR) is 135 cm³/mol. The van der Waals surface area contributed by atoms with Crippen LogP contribution in [0, 0.1) is 17.3 Å². The fraction of sp³-hybridized carbons (Fsp3) is 0.536. The first-order valence-electron chi connectivity index (χ1n) is 12.0. The zero-order chi connectivity index (χ0) is 27.5. The van der Waals surface area contributed by atoms with Crippen molar-refractivity contribution < 1.29 is 38.6 Å². The van der Waals surface area contributed by atoms with Gasteiger partial charge in [-0.15, -0.1) is 0 Å². The summed E-state index contributed by atoms with van der Waals surface area (Å²) in [5.41, 5.74) is 1.69. The van der Waals surface area contributed by atoms with Gasteiger partial charge in [0.15, 0.2) is 5.78 Å². The van der Waals surface area contributed by atoms with Gasteiger partial charge in [-0.25, -0.2) is 4.79 Å². The van der Waals surface area contributed by atoms with E-state index in [-0.39, 0.29) is 30.2 Å². The molecule has 0 spiro atoms. The molecule has 1 aliphatic rings. The Morgan fingerprint density at radius 2 is 1.78 bits per heavy atom. The largest absolute Gasteiger partial charge is 0.481 e. The van der Waals surface area contributed by atoms with Crippen molar-refractivity contribution >= 4 is 29.5 Å². The van der Waals surface area contributed by atoms with Gasteiger partial charge < -0.3 is 19.4 Å². The summed E-state index contributed by atoms with van der Waals surface area (Å²) in [4.78, 5) is 60.2. The molecule has 0 heterocycles. The molecule has 198 valence electrons. The van der Waals surface area contributed by atoms with Crippen LogP contribution in [0.5, 0.6) is 0 Å². The Morgan fingerprint density at radius 3 is 2.33 bits per heavy atom. The van der Waals surface area contributed by atoms with Gasteiger partial charge >= 0.3 is 17.9 Å². The Morgan fingerprint density at radius 1 is 1.11 bits per heavy atom. The highest BCUT2D eigenvalue weighted by Gasteiger charge is 2.43. The molecule has 1 rings (SSSR count). The first-order chi connectivity index (χ1) is 16.7. The second kappa shape index (κ2) is 14.3. The molecule has 0 saturated carbocycles. The fourth-order valence-corrected chi connectivity index (χ4v) is 4.26. The number of rotatable bonds is 12. The molecule has 3 atom stereocenters. The molecule has 0 saturated heterocycles. The first-order valence-corrected chi connectivity index (χ1v) is 12.0. The van der Waals surface area contributed by atoms with Gasteiger partial charge in [-0.2, -0.15) is 0 Å². The number of aliphatic carboxylic acids is 1. The van der Waals surface area contributed by atoms with Crippen molar-refractivity contribution in [3.8, 4) is 0 Å². The van der Waals surface area contributed by atoms with E-state index in [0.717, 1.165) is 17.6 Å². The lowest BCUT2D eigenvalue weighted by molar-refractivity contribution is -0.150. The lowest BCUT2D eigenvalue weighted by Crippen LogP contribution is -2.36. The van der Waals surface area contributed by atoms with Crippen molar-refractivity contribution in [1.29, 1.82) is 0 Å². The normalized spacial score (nSPS) is 21.7. The van der Waals surface area contributed by atoms with Crippen LogP contribution in [0.2, 0.25) is 0 Å². The van der Waals surface area contributed by atoms with E-state index in [1.54, 1.807) is 26.0 Å². The van der Waals surface area contributed by atoms with Crippen molar-refractivity contribution in [3.05, 3.63) is 47.3 Å². The molecule has 0 aliphatic heterocycles. The number of ketones is 2. The minimum Gasteiger partial charge on any atom is -0.481 e. The number of carbonyl (C=O) groups excluding carboxylic acids is 4. The van der Waals surface area contributed by atoms with Crippen LogP contribution in [0.1, 0.15) is 73.6 Å². The Labute approximate surface area is 213 Å². The smallest absolute Gasteiger partial charge is 0.335 e. The van der Waals surface area contributed by atoms with E-state index in [9.17, 15) is 24.0 Å². The second-order valence-electron chi connectivity index (χ2n) is 10.0. The predicted octanol–water partition coefficient (Wildman–Crippen LogP) is 4.89. The number of hydrogen-bond acceptors (Lipinski definition) is 7. The number of carbonyl (C=O) groups is 5. The summed E-state index contributed by atoms with van der Waals surface area (Å²) in [6, 6.07) is 0. The van der Waals surface area contributed by atoms with E-state index in [0.29, 0.717) is 12.8 Å². The highest BCUT2D eigenvalue weighted by Crippen LogP contribution is 2.46. The average molecular weight is 503 g/mol. The number of esters is 2. The maximum absolute atomic E-state index is 13.5. The van der Waals surface area contributed by atoms with Crippen molar-refractivity contribution in [2.45, 2.75) is 73.6 Å². The van der Waals surface area contributed by atoms with E-state index < -0.39 is 41.6 Å². The van der Waals surface area contributed by atoms with E-state index in [1.807, 2.05) is 20.8 Å². The van der Waals surface area contributed by atoms with Gasteiger partial charge in [0.05, 0.1) is 6.26 Å². The van der Waals surface area contributed by atoms with Gasteiger partial charge in [-0.1, -0.05) is 30.2 Å². The third-order valence-corrected chi connectivity index (χ3v) is 6.04. The Kier molecular flexibility index (Phi) is 12.2. The van der Waals surface area contributed by atoms with Crippen molar-refractivity contribution in [3.63, 3.8) is 0 Å². The number of ether oxygens (including phenoxy) is 2. The van der Waals surface area contributed by atoms with Gasteiger partial charge in [0.25, 0.3) is 0 Å². The van der Waals surface area contributed by atoms with Gasteiger partial charge in [0, 0.05) is 24.0 Å². The molecule has 36 heavy (non-hydrogen) atoms. The van der Waals surface area contributed by atoms with Crippen LogP contribution in [0.15, 0.2) is 47.3 Å². The molecule has 0 fully saturated rings. The van der Waals surface area contributed by atoms with Crippen molar-refractivity contribution in [2.24, 2.45) is 17.3 Å². The third kappa shape index (κ3) is 10.5. The van der Waals surface area contributed by atoms with Crippen molar-refractivity contribution in [1.82, 2.24) is 0 Å². The number of carboxylic acids is 1. The van der Waals surface area contributed by atoms with E-state index in [2.05, 4.69) is 6.08 Å². The molecule has 0 aromatic heterocycles. The zero-order valence-corrected chi connectivity index (χ0v) is 22.1. The molecular weight excluding hydrogens is 464 g/mol. The Balaban J connectivity index is 3.38. The molecule has 0 unspecified atom stereocenters. The van der Waals surface area contributed by atoms with Crippen LogP contribution in [0.25, 0.3) is 0 Å². The second-order valence-corrected chi connectivity index (χ2v) is 10.0. The SMILES string of the molecule is CC(=O)C[C@@H]1C(=O)C(COC(=O)CC(=O)O)=CC[C@](C)(CCC=C(C)C)[C@H]1/C=C/OC(=O)C=C(C)C. The zero-order valence-electron chi connectivity index (χ0n) is 22.1. The topological polar surface area (TPSA) is 124 Å². The number of hydrogen-bond donors (Lipinski definition) is 1. The molecule has 0 amide bonds. The summed E-state index contributed by atoms with van der Waals surface area (Å²) >= 11 is 0. The van der Waals surface area contributed by atoms with Gasteiger partial charge in [-0.05, 0) is 71.3 Å². The minimum absolute atomic E-state index is 0.0333. The highest BCUT2D eigenvalue weighted by atomic mass is 16.5. The summed E-state index contributed by atoms with van der Waals surface area (Å²) in [6.45, 7) is 10.6. The maximum atomic E-state index is 13.5. The van der Waals surface area contributed by atoms with Crippen LogP contribution < -0.4 is 0 Å². The fourth-order valence-electron chi connectivity index (χ4n) is 4.26. The summed E-state index contributed by atoms with van der Waals surface area (Å²) in [6.07, 6.45) is 9.19. The molecule has 8 heteroatoms. The Hall–Kier alpha value is -3.29. The summed E-state index contributed by atoms with van der Waals surface area (Å²) < 4.78 is 10.3. The lowest BCUT2D eigenvalue weighted by Gasteiger charge is -2.38. The van der Waals surface area contributed by atoms with Gasteiger partial charge in [0.2, 0.25) is 0 Å². The summed E-state index contributed by atoms with van der Waals surface area (Å²) in [7, 11) is 0. The van der Waals surface area contributed by atoms with Crippen LogP contribution in [0.3, 0.4) is 0 Å². The highest BCUT2D eigenvalue weighted by molar-refractivity contribution is 6.00. The first kappa shape index (κ1) is 30.7. The Bertz CT molecular complexity index is 974. The van der Waals surface area contributed by atoms with Gasteiger partial charge in [0.1, 0.15) is 18.8 Å². The van der Waals surface area contributed by atoms with Crippen LogP contribution in [-0.4, -0.2) is 41.2 Å². The molecule has 8 nitrogen and oxygen atoms in total. The maximum Gasteiger partial charge on any atom is 0.335 e. The molecule has 1 N–H and O–H groups in total. The van der Waals surface area contributed by atoms with E-state index in [1.165, 1.54) is 19.3 Å². The molecule has 0 aromatic rings. The average Bonchev–Trinajstić information content (AvgIpc) is 2.81. The number of Topliss-reactive ketones (excluding diaryl/α,β-unsaturated/α-hetero) is 2. The van der Waals surface area contributed by atoms with Crippen LogP contribution in [-0.2, 0) is 33.4 Å². The summed E-state index contributed by atoms with van der Waals surface area (Å²) in [5.74, 6) is -4.53. The molecule has 0 bridgehead atoms. The standard InChI is InChI=1S/C28H38O8/c1-18(2)8-7-11-28(6)12-9-21(17-36-26(33)16-24(30)31)27(34)22(15-20(5)29)23(28)10-13-35-25(32)14-19(3)4/h8-10,13-14,22-23H,7,11-12,15-17H2,1-6H3,(H,30,31)/b13-10+/t22-,23-,28-/m0/s1. The monoisotopic (exact) mass is 502 g/mol. The quantitative estimate of drug-likeness (QED) is 0.131. The third-order valence-electron chi connectivity index (χ3n) is 6.04. The lowest BCUT2D eigenvalue weighted by atomic mass is 9.65. The summed E-state index contributed by atoms with van der Waals surface area (Å²) in [5, 5.41) is 8.78. The van der Waals surface area contributed by atoms with E-state index >= 15 is 0 Å². The number of carboxylic acid groups (broad SMARTS) is 1. The number of allylic oxidation sites excluding steroid dienone is 5. The molecular formula is C28H38O8. The van der Waals surface area contributed by atoms with Crippen molar-refractivity contribution in [2.75, 3.05) is 6.61 Å². The van der Waals surface area contributed by atoms with Crippen LogP contribution in [0.4, 0.5) is 0 Å². The molecule has 1 aliphatic carbocycles. The molecule has 0 aromatic carbocycles. The molecule has 0 radical (unpaired) electrons. The van der Waals surface area contributed by atoms with Gasteiger partial charge in [-0.3, -0.25) is 14.4 Å². The van der Waals surface area contributed by atoms with Crippen LogP contribution >= 0.6 is 0 Å². The van der Waals surface area contributed by atoms with E-state index in [4.69, 9.17) is 14.6 Å².